The predicted octanol–water partition coefficient (Wildman–Crippen LogP) is 5.33. The molecule has 106 valence electrons. The van der Waals surface area contributed by atoms with Crippen molar-refractivity contribution in [2.45, 2.75) is 51.9 Å². The van der Waals surface area contributed by atoms with Gasteiger partial charge in [0.2, 0.25) is 0 Å². The van der Waals surface area contributed by atoms with E-state index < -0.39 is 0 Å². The molecule has 0 fully saturated rings. The van der Waals surface area contributed by atoms with Gasteiger partial charge >= 0.3 is 0 Å². The van der Waals surface area contributed by atoms with Gasteiger partial charge in [0.25, 0.3) is 0 Å². The van der Waals surface area contributed by atoms with Crippen molar-refractivity contribution >= 4 is 11.9 Å². The maximum atomic E-state index is 12.2. The molecule has 0 saturated heterocycles. The predicted molar refractivity (Wildman–Crippen MR) is 85.5 cm³/mol. The fraction of sp³-hybridized carbons (Fsp3) is 0.421. The van der Waals surface area contributed by atoms with Crippen LogP contribution in [0, 0.1) is 0 Å². The van der Waals surface area contributed by atoms with Crippen molar-refractivity contribution in [1.29, 1.82) is 0 Å². The number of unbranched alkanes of at least 4 members (excludes halogenated alkanes) is 3. The third-order valence-electron chi connectivity index (χ3n) is 3.82. The van der Waals surface area contributed by atoms with Gasteiger partial charge in [0.05, 0.1) is 0 Å². The average molecular weight is 268 g/mol. The van der Waals surface area contributed by atoms with E-state index in [0.717, 1.165) is 24.0 Å². The highest BCUT2D eigenvalue weighted by Crippen LogP contribution is 2.27. The lowest BCUT2D eigenvalue weighted by atomic mass is 9.87. The van der Waals surface area contributed by atoms with E-state index in [2.05, 4.69) is 31.2 Å². The molecule has 0 saturated carbocycles. The Morgan fingerprint density at radius 1 is 1.10 bits per heavy atom. The van der Waals surface area contributed by atoms with Gasteiger partial charge in [0.15, 0.2) is 5.78 Å². The van der Waals surface area contributed by atoms with Crippen LogP contribution < -0.4 is 0 Å². The summed E-state index contributed by atoms with van der Waals surface area (Å²) in [5.74, 6) is 0.307. The Morgan fingerprint density at radius 3 is 2.65 bits per heavy atom. The second-order valence-corrected chi connectivity index (χ2v) is 5.47. The maximum absolute atomic E-state index is 12.2. The van der Waals surface area contributed by atoms with E-state index in [4.69, 9.17) is 0 Å². The second kappa shape index (κ2) is 7.84. The number of benzene rings is 1. The summed E-state index contributed by atoms with van der Waals surface area (Å²) in [6.07, 6.45) is 12.0. The molecule has 1 aliphatic carbocycles. The third-order valence-corrected chi connectivity index (χ3v) is 3.82. The molecule has 0 heterocycles. The van der Waals surface area contributed by atoms with Crippen LogP contribution in [-0.4, -0.2) is 5.78 Å². The number of rotatable bonds is 6. The van der Waals surface area contributed by atoms with Crippen LogP contribution in [0.2, 0.25) is 0 Å². The van der Waals surface area contributed by atoms with Crippen molar-refractivity contribution in [3.05, 3.63) is 53.1 Å². The molecule has 0 N–H and O–H groups in total. The molecule has 0 spiro atoms. The number of Topliss-reactive ketones (excluding diaryl/α,β-unsaturated/α-hetero) is 1. The van der Waals surface area contributed by atoms with Crippen molar-refractivity contribution in [3.63, 3.8) is 0 Å². The monoisotopic (exact) mass is 268 g/mol. The van der Waals surface area contributed by atoms with Gasteiger partial charge in [-0.3, -0.25) is 4.79 Å². The van der Waals surface area contributed by atoms with Gasteiger partial charge in [0.1, 0.15) is 0 Å². The minimum atomic E-state index is 0.307. The number of allylic oxidation sites excluding steroid dienone is 3. The molecule has 0 aromatic heterocycles. The van der Waals surface area contributed by atoms with E-state index >= 15 is 0 Å². The van der Waals surface area contributed by atoms with E-state index in [9.17, 15) is 4.79 Å². The van der Waals surface area contributed by atoms with Gasteiger partial charge in [-0.25, -0.2) is 0 Å². The van der Waals surface area contributed by atoms with Gasteiger partial charge in [-0.15, -0.1) is 0 Å². The first-order chi connectivity index (χ1) is 9.81. The first-order valence-electron chi connectivity index (χ1n) is 7.80. The van der Waals surface area contributed by atoms with Crippen LogP contribution in [-0.2, 0) is 4.79 Å². The topological polar surface area (TPSA) is 17.1 Å². The highest BCUT2D eigenvalue weighted by molar-refractivity contribution is 6.04. The largest absolute Gasteiger partial charge is 0.294 e. The molecule has 0 atom stereocenters. The Morgan fingerprint density at radius 2 is 1.90 bits per heavy atom. The quantitative estimate of drug-likeness (QED) is 0.503. The highest BCUT2D eigenvalue weighted by atomic mass is 16.1. The number of hydrogen-bond acceptors (Lipinski definition) is 1. The summed E-state index contributed by atoms with van der Waals surface area (Å²) < 4.78 is 0. The molecule has 0 unspecified atom stereocenters. The summed E-state index contributed by atoms with van der Waals surface area (Å²) in [4.78, 5) is 12.2. The summed E-state index contributed by atoms with van der Waals surface area (Å²) >= 11 is 0. The van der Waals surface area contributed by atoms with Crippen LogP contribution >= 0.6 is 0 Å². The highest BCUT2D eigenvalue weighted by Gasteiger charge is 2.17. The van der Waals surface area contributed by atoms with Gasteiger partial charge in [0, 0.05) is 12.0 Å². The first kappa shape index (κ1) is 14.8. The molecule has 0 radical (unpaired) electrons. The van der Waals surface area contributed by atoms with Crippen LogP contribution in [0.3, 0.4) is 0 Å². The molecule has 1 aliphatic rings. The van der Waals surface area contributed by atoms with E-state index in [1.54, 1.807) is 0 Å². The van der Waals surface area contributed by atoms with Gasteiger partial charge < -0.3 is 0 Å². The Bertz CT molecular complexity index is 494. The fourth-order valence-electron chi connectivity index (χ4n) is 2.67. The molecule has 0 bridgehead atoms. The molecule has 20 heavy (non-hydrogen) atoms. The second-order valence-electron chi connectivity index (χ2n) is 5.47. The van der Waals surface area contributed by atoms with Crippen LogP contribution in [0.4, 0.5) is 0 Å². The summed E-state index contributed by atoms with van der Waals surface area (Å²) in [5.41, 5.74) is 3.33. The SMILES string of the molecule is CCCCCCC1=CCCC(=O)/C1=C/c1ccccc1. The zero-order chi connectivity index (χ0) is 14.2. The molecule has 0 amide bonds. The molecular weight excluding hydrogens is 244 g/mol. The van der Waals surface area contributed by atoms with Gasteiger partial charge in [-0.05, 0) is 36.5 Å². The van der Waals surface area contributed by atoms with Crippen LogP contribution in [0.1, 0.15) is 57.4 Å². The van der Waals surface area contributed by atoms with Crippen LogP contribution in [0.25, 0.3) is 6.08 Å². The van der Waals surface area contributed by atoms with Crippen molar-refractivity contribution in [2.75, 3.05) is 0 Å². The lowest BCUT2D eigenvalue weighted by Gasteiger charge is -2.16. The smallest absolute Gasteiger partial charge is 0.163 e. The summed E-state index contributed by atoms with van der Waals surface area (Å²) in [5, 5.41) is 0. The normalized spacial score (nSPS) is 17.4. The van der Waals surface area contributed by atoms with Crippen molar-refractivity contribution in [2.24, 2.45) is 0 Å². The summed E-state index contributed by atoms with van der Waals surface area (Å²) in [7, 11) is 0. The molecule has 1 heteroatoms. The summed E-state index contributed by atoms with van der Waals surface area (Å²) in [6, 6.07) is 10.2. The lowest BCUT2D eigenvalue weighted by molar-refractivity contribution is -0.115. The average Bonchev–Trinajstić information content (AvgIpc) is 2.48. The van der Waals surface area contributed by atoms with Crippen LogP contribution in [0.15, 0.2) is 47.6 Å². The number of ketones is 1. The fourth-order valence-corrected chi connectivity index (χ4v) is 2.67. The number of hydrogen-bond donors (Lipinski definition) is 0. The number of carbonyl (C=O) groups is 1. The minimum absolute atomic E-state index is 0.307. The Hall–Kier alpha value is -1.63. The Kier molecular flexibility index (Phi) is 5.79. The lowest BCUT2D eigenvalue weighted by Crippen LogP contribution is -2.09. The van der Waals surface area contributed by atoms with Gasteiger partial charge in [-0.1, -0.05) is 62.6 Å². The van der Waals surface area contributed by atoms with Crippen molar-refractivity contribution < 1.29 is 4.79 Å². The third kappa shape index (κ3) is 4.19. The standard InChI is InChI=1S/C19H24O/c1-2-3-4-8-12-17-13-9-14-19(20)18(17)15-16-10-6-5-7-11-16/h5-7,10-11,13,15H,2-4,8-9,12,14H2,1H3/b18-15+. The molecule has 1 aromatic rings. The molecule has 1 aromatic carbocycles. The summed E-state index contributed by atoms with van der Waals surface area (Å²) in [6.45, 7) is 2.23. The minimum Gasteiger partial charge on any atom is -0.294 e. The zero-order valence-electron chi connectivity index (χ0n) is 12.4. The van der Waals surface area contributed by atoms with E-state index in [1.165, 1.54) is 31.3 Å². The molecule has 1 nitrogen and oxygen atoms in total. The number of carbonyl (C=O) groups excluding carboxylic acids is 1. The molecular formula is C19H24O. The first-order valence-corrected chi connectivity index (χ1v) is 7.80. The molecule has 2 rings (SSSR count). The Labute approximate surface area is 122 Å². The van der Waals surface area contributed by atoms with Crippen molar-refractivity contribution in [1.82, 2.24) is 0 Å². The van der Waals surface area contributed by atoms with Gasteiger partial charge in [-0.2, -0.15) is 0 Å². The van der Waals surface area contributed by atoms with E-state index in [1.807, 2.05) is 18.2 Å². The van der Waals surface area contributed by atoms with Crippen LogP contribution in [0.5, 0.6) is 0 Å². The maximum Gasteiger partial charge on any atom is 0.163 e. The Balaban J connectivity index is 2.10. The van der Waals surface area contributed by atoms with E-state index in [-0.39, 0.29) is 0 Å². The zero-order valence-corrected chi connectivity index (χ0v) is 12.4. The van der Waals surface area contributed by atoms with Crippen molar-refractivity contribution in [3.8, 4) is 0 Å². The van der Waals surface area contributed by atoms with E-state index in [0.29, 0.717) is 12.2 Å². The molecule has 0 aliphatic heterocycles.